The lowest BCUT2D eigenvalue weighted by Gasteiger charge is -2.14. The predicted octanol–water partition coefficient (Wildman–Crippen LogP) is 0.548. The topological polar surface area (TPSA) is 62.5 Å². The van der Waals surface area contributed by atoms with E-state index in [0.717, 1.165) is 6.42 Å². The van der Waals surface area contributed by atoms with Gasteiger partial charge in [-0.1, -0.05) is 6.92 Å². The number of aliphatic hydroxyl groups is 1. The summed E-state index contributed by atoms with van der Waals surface area (Å²) in [5.74, 6) is 0.422. The van der Waals surface area contributed by atoms with Gasteiger partial charge >= 0.3 is 0 Å². The van der Waals surface area contributed by atoms with Crippen molar-refractivity contribution in [2.24, 2.45) is 13.0 Å². The Kier molecular flexibility index (Phi) is 3.29. The van der Waals surface area contributed by atoms with E-state index in [0.29, 0.717) is 24.7 Å². The van der Waals surface area contributed by atoms with Gasteiger partial charge in [-0.15, -0.1) is 0 Å². The van der Waals surface area contributed by atoms with E-state index in [1.165, 1.54) is 4.31 Å². The second-order valence-electron chi connectivity index (χ2n) is 4.69. The van der Waals surface area contributed by atoms with E-state index in [2.05, 4.69) is 6.92 Å². The fourth-order valence-corrected chi connectivity index (χ4v) is 3.81. The Balaban J connectivity index is 2.31. The van der Waals surface area contributed by atoms with Crippen LogP contribution in [0.15, 0.2) is 17.2 Å². The summed E-state index contributed by atoms with van der Waals surface area (Å²) in [5.41, 5.74) is 0.607. The number of hydrogen-bond donors (Lipinski definition) is 1. The van der Waals surface area contributed by atoms with Crippen molar-refractivity contribution >= 4 is 10.0 Å². The average Bonchev–Trinajstić information content (AvgIpc) is 2.85. The smallest absolute Gasteiger partial charge is 0.244 e. The van der Waals surface area contributed by atoms with Crippen molar-refractivity contribution in [2.75, 3.05) is 13.1 Å². The van der Waals surface area contributed by atoms with Gasteiger partial charge in [0.2, 0.25) is 10.0 Å². The van der Waals surface area contributed by atoms with Gasteiger partial charge in [0.25, 0.3) is 0 Å². The van der Waals surface area contributed by atoms with E-state index in [-0.39, 0.29) is 11.5 Å². The maximum absolute atomic E-state index is 12.3. The molecule has 0 aromatic carbocycles. The Morgan fingerprint density at radius 1 is 1.53 bits per heavy atom. The Morgan fingerprint density at radius 3 is 2.71 bits per heavy atom. The molecule has 0 amide bonds. The third kappa shape index (κ3) is 2.25. The fourth-order valence-electron chi connectivity index (χ4n) is 2.14. The number of sulfonamides is 1. The Hall–Kier alpha value is -0.850. The van der Waals surface area contributed by atoms with E-state index in [9.17, 15) is 8.42 Å². The summed E-state index contributed by atoms with van der Waals surface area (Å²) in [7, 11) is -1.65. The van der Waals surface area contributed by atoms with E-state index in [1.54, 1.807) is 23.9 Å². The highest BCUT2D eigenvalue weighted by Gasteiger charge is 2.31. The first-order valence-corrected chi connectivity index (χ1v) is 7.15. The SMILES string of the molecule is CC1CCN(S(=O)(=O)c2cc(CO)n(C)c2)C1. The highest BCUT2D eigenvalue weighted by Crippen LogP contribution is 2.24. The molecule has 5 nitrogen and oxygen atoms in total. The molecular formula is C11H18N2O3S. The van der Waals surface area contributed by atoms with Crippen molar-refractivity contribution in [3.63, 3.8) is 0 Å². The maximum atomic E-state index is 12.3. The van der Waals surface area contributed by atoms with E-state index in [1.807, 2.05) is 0 Å². The van der Waals surface area contributed by atoms with Crippen LogP contribution < -0.4 is 0 Å². The van der Waals surface area contributed by atoms with Crippen LogP contribution in [0.1, 0.15) is 19.0 Å². The van der Waals surface area contributed by atoms with Crippen molar-refractivity contribution in [1.82, 2.24) is 8.87 Å². The lowest BCUT2D eigenvalue weighted by Crippen LogP contribution is -2.28. The van der Waals surface area contributed by atoms with Crippen LogP contribution >= 0.6 is 0 Å². The van der Waals surface area contributed by atoms with Crippen molar-refractivity contribution in [3.05, 3.63) is 18.0 Å². The third-order valence-electron chi connectivity index (χ3n) is 3.27. The molecule has 17 heavy (non-hydrogen) atoms. The molecule has 1 saturated heterocycles. The fraction of sp³-hybridized carbons (Fsp3) is 0.636. The van der Waals surface area contributed by atoms with Crippen molar-refractivity contribution in [3.8, 4) is 0 Å². The summed E-state index contributed by atoms with van der Waals surface area (Å²) in [6, 6.07) is 1.54. The van der Waals surface area contributed by atoms with Gasteiger partial charge in [-0.3, -0.25) is 0 Å². The summed E-state index contributed by atoms with van der Waals surface area (Å²) in [4.78, 5) is 0.276. The minimum atomic E-state index is -3.38. The maximum Gasteiger partial charge on any atom is 0.244 e. The first-order chi connectivity index (χ1) is 7.95. The van der Waals surface area contributed by atoms with Gasteiger partial charge in [0, 0.05) is 32.0 Å². The number of hydrogen-bond acceptors (Lipinski definition) is 3. The lowest BCUT2D eigenvalue weighted by molar-refractivity contribution is 0.272. The molecule has 1 aliphatic heterocycles. The molecular weight excluding hydrogens is 240 g/mol. The largest absolute Gasteiger partial charge is 0.390 e. The molecule has 1 atom stereocenters. The van der Waals surface area contributed by atoms with Gasteiger partial charge in [0.15, 0.2) is 0 Å². The lowest BCUT2D eigenvalue weighted by atomic mass is 10.2. The first-order valence-electron chi connectivity index (χ1n) is 5.71. The molecule has 1 fully saturated rings. The highest BCUT2D eigenvalue weighted by molar-refractivity contribution is 7.89. The molecule has 1 N–H and O–H groups in total. The number of aliphatic hydroxyl groups excluding tert-OH is 1. The molecule has 1 aliphatic rings. The highest BCUT2D eigenvalue weighted by atomic mass is 32.2. The van der Waals surface area contributed by atoms with Gasteiger partial charge in [-0.25, -0.2) is 8.42 Å². The molecule has 2 heterocycles. The number of aryl methyl sites for hydroxylation is 1. The summed E-state index contributed by atoms with van der Waals surface area (Å²) < 4.78 is 27.8. The van der Waals surface area contributed by atoms with E-state index < -0.39 is 10.0 Å². The molecule has 2 rings (SSSR count). The van der Waals surface area contributed by atoms with Gasteiger partial charge in [0.05, 0.1) is 6.61 Å². The van der Waals surface area contributed by atoms with Gasteiger partial charge in [-0.05, 0) is 18.4 Å². The average molecular weight is 258 g/mol. The van der Waals surface area contributed by atoms with Crippen molar-refractivity contribution < 1.29 is 13.5 Å². The summed E-state index contributed by atoms with van der Waals surface area (Å²) >= 11 is 0. The standard InChI is InChI=1S/C11H18N2O3S/c1-9-3-4-13(6-9)17(15,16)11-5-10(8-14)12(2)7-11/h5,7,9,14H,3-4,6,8H2,1-2H3. The van der Waals surface area contributed by atoms with E-state index in [4.69, 9.17) is 5.11 Å². The third-order valence-corrected chi connectivity index (χ3v) is 5.10. The monoisotopic (exact) mass is 258 g/mol. The molecule has 6 heteroatoms. The van der Waals surface area contributed by atoms with Crippen LogP contribution in [-0.2, 0) is 23.7 Å². The molecule has 0 bridgehead atoms. The first kappa shape index (κ1) is 12.6. The zero-order valence-corrected chi connectivity index (χ0v) is 10.9. The van der Waals surface area contributed by atoms with Crippen LogP contribution in [0.4, 0.5) is 0 Å². The number of rotatable bonds is 3. The van der Waals surface area contributed by atoms with Crippen LogP contribution in [-0.4, -0.2) is 35.5 Å². The second-order valence-corrected chi connectivity index (χ2v) is 6.63. The Morgan fingerprint density at radius 2 is 2.24 bits per heavy atom. The zero-order chi connectivity index (χ0) is 12.6. The van der Waals surface area contributed by atoms with Crippen LogP contribution in [0.2, 0.25) is 0 Å². The van der Waals surface area contributed by atoms with Gasteiger partial charge in [0.1, 0.15) is 4.90 Å². The van der Waals surface area contributed by atoms with Gasteiger partial charge in [-0.2, -0.15) is 4.31 Å². The normalized spacial score (nSPS) is 22.2. The Bertz CT molecular complexity index is 507. The minimum absolute atomic E-state index is 0.150. The molecule has 0 spiro atoms. The molecule has 0 radical (unpaired) electrons. The van der Waals surface area contributed by atoms with Crippen LogP contribution in [0, 0.1) is 5.92 Å². The number of aromatic nitrogens is 1. The van der Waals surface area contributed by atoms with Crippen LogP contribution in [0.5, 0.6) is 0 Å². The molecule has 1 aromatic heterocycles. The quantitative estimate of drug-likeness (QED) is 0.861. The summed E-state index contributed by atoms with van der Waals surface area (Å²) in [5, 5.41) is 9.08. The van der Waals surface area contributed by atoms with Crippen LogP contribution in [0.25, 0.3) is 0 Å². The summed E-state index contributed by atoms with van der Waals surface area (Å²) in [6.45, 7) is 3.08. The van der Waals surface area contributed by atoms with Gasteiger partial charge < -0.3 is 9.67 Å². The molecule has 96 valence electrons. The molecule has 0 aliphatic carbocycles. The second kappa shape index (κ2) is 4.44. The number of nitrogens with zero attached hydrogens (tertiary/aromatic N) is 2. The molecule has 0 saturated carbocycles. The summed E-state index contributed by atoms with van der Waals surface area (Å²) in [6.07, 6.45) is 2.47. The zero-order valence-electron chi connectivity index (χ0n) is 10.1. The van der Waals surface area contributed by atoms with Crippen molar-refractivity contribution in [2.45, 2.75) is 24.8 Å². The van der Waals surface area contributed by atoms with Crippen molar-refractivity contribution in [1.29, 1.82) is 0 Å². The Labute approximate surface area is 102 Å². The molecule has 1 aromatic rings. The predicted molar refractivity (Wildman–Crippen MR) is 63.9 cm³/mol. The van der Waals surface area contributed by atoms with Crippen LogP contribution in [0.3, 0.4) is 0 Å². The minimum Gasteiger partial charge on any atom is -0.390 e. The molecule has 1 unspecified atom stereocenters. The van der Waals surface area contributed by atoms with E-state index >= 15 is 0 Å².